The number of anilines is 1. The number of hydrogen-bond donors (Lipinski definition) is 1. The Morgan fingerprint density at radius 1 is 1.21 bits per heavy atom. The minimum absolute atomic E-state index is 0.0827. The molecule has 3 rings (SSSR count). The van der Waals surface area contributed by atoms with Crippen LogP contribution in [0.5, 0.6) is 0 Å². The van der Waals surface area contributed by atoms with Gasteiger partial charge in [0.1, 0.15) is 11.3 Å². The molecular formula is C18H13ClF3N3O3. The third-order valence-corrected chi connectivity index (χ3v) is 4.30. The number of halogens is 4. The number of pyridine rings is 1. The number of imidazole rings is 1. The quantitative estimate of drug-likeness (QED) is 0.650. The molecular weight excluding hydrogens is 399 g/mol. The van der Waals surface area contributed by atoms with Gasteiger partial charge in [-0.2, -0.15) is 13.2 Å². The van der Waals surface area contributed by atoms with Crippen molar-refractivity contribution in [3.8, 4) is 0 Å². The largest absolute Gasteiger partial charge is 0.465 e. The van der Waals surface area contributed by atoms with Crippen molar-refractivity contribution in [3.63, 3.8) is 0 Å². The monoisotopic (exact) mass is 411 g/mol. The molecule has 0 aliphatic heterocycles. The molecule has 0 saturated carbocycles. The van der Waals surface area contributed by atoms with Gasteiger partial charge in [0, 0.05) is 6.20 Å². The highest BCUT2D eigenvalue weighted by Crippen LogP contribution is 2.30. The van der Waals surface area contributed by atoms with Gasteiger partial charge in [-0.25, -0.2) is 9.78 Å². The molecule has 10 heteroatoms. The number of carbonyl (C=O) groups is 2. The fourth-order valence-electron chi connectivity index (χ4n) is 2.65. The zero-order valence-corrected chi connectivity index (χ0v) is 15.4. The second-order valence-corrected chi connectivity index (χ2v) is 6.24. The minimum atomic E-state index is -4.57. The molecule has 0 saturated heterocycles. The first-order valence-electron chi connectivity index (χ1n) is 7.87. The number of methoxy groups -OCH3 is 1. The molecule has 0 fully saturated rings. The van der Waals surface area contributed by atoms with Gasteiger partial charge in [-0.15, -0.1) is 0 Å². The number of nitrogens with zero attached hydrogens (tertiary/aromatic N) is 2. The second kappa shape index (κ2) is 7.16. The molecule has 146 valence electrons. The van der Waals surface area contributed by atoms with Crippen molar-refractivity contribution < 1.29 is 27.5 Å². The number of fused-ring (bicyclic) bond motifs is 1. The van der Waals surface area contributed by atoms with Gasteiger partial charge in [0.2, 0.25) is 0 Å². The van der Waals surface area contributed by atoms with E-state index in [9.17, 15) is 22.8 Å². The van der Waals surface area contributed by atoms with Crippen LogP contribution in [-0.2, 0) is 10.9 Å². The van der Waals surface area contributed by atoms with Gasteiger partial charge < -0.3 is 10.1 Å². The van der Waals surface area contributed by atoms with Crippen LogP contribution in [0.3, 0.4) is 0 Å². The predicted molar refractivity (Wildman–Crippen MR) is 95.7 cm³/mol. The van der Waals surface area contributed by atoms with Crippen molar-refractivity contribution in [1.82, 2.24) is 9.38 Å². The number of aryl methyl sites for hydroxylation is 1. The molecule has 1 N–H and O–H groups in total. The first-order valence-corrected chi connectivity index (χ1v) is 8.24. The van der Waals surface area contributed by atoms with E-state index in [1.54, 1.807) is 0 Å². The summed E-state index contributed by atoms with van der Waals surface area (Å²) in [6.07, 6.45) is -3.77. The number of rotatable bonds is 3. The maximum Gasteiger partial charge on any atom is 0.417 e. The molecule has 0 bridgehead atoms. The summed E-state index contributed by atoms with van der Waals surface area (Å²) in [6, 6.07) is 6.19. The van der Waals surface area contributed by atoms with Gasteiger partial charge >= 0.3 is 12.1 Å². The molecule has 1 amide bonds. The maximum atomic E-state index is 13.0. The van der Waals surface area contributed by atoms with Crippen LogP contribution in [0.1, 0.15) is 32.1 Å². The number of ether oxygens (including phenoxy) is 1. The molecule has 2 heterocycles. The molecule has 3 aromatic rings. The Morgan fingerprint density at radius 2 is 1.93 bits per heavy atom. The third kappa shape index (κ3) is 3.65. The lowest BCUT2D eigenvalue weighted by molar-refractivity contribution is -0.137. The Labute approximate surface area is 161 Å². The lowest BCUT2D eigenvalue weighted by Gasteiger charge is -2.11. The van der Waals surface area contributed by atoms with Gasteiger partial charge in [-0.1, -0.05) is 11.6 Å². The number of aromatic nitrogens is 2. The average molecular weight is 412 g/mol. The van der Waals surface area contributed by atoms with Crippen LogP contribution in [0, 0.1) is 6.92 Å². The van der Waals surface area contributed by atoms with Gasteiger partial charge in [0.15, 0.2) is 0 Å². The number of carbonyl (C=O) groups excluding carboxylic acids is 2. The molecule has 0 unspecified atom stereocenters. The Morgan fingerprint density at radius 3 is 2.57 bits per heavy atom. The van der Waals surface area contributed by atoms with Crippen molar-refractivity contribution in [2.75, 3.05) is 12.4 Å². The fraction of sp³-hybridized carbons (Fsp3) is 0.167. The minimum Gasteiger partial charge on any atom is -0.465 e. The van der Waals surface area contributed by atoms with E-state index < -0.39 is 23.6 Å². The van der Waals surface area contributed by atoms with E-state index >= 15 is 0 Å². The number of amides is 1. The van der Waals surface area contributed by atoms with E-state index in [0.717, 1.165) is 16.7 Å². The van der Waals surface area contributed by atoms with Crippen molar-refractivity contribution in [3.05, 3.63) is 64.1 Å². The first-order chi connectivity index (χ1) is 13.1. The summed E-state index contributed by atoms with van der Waals surface area (Å²) >= 11 is 6.05. The SMILES string of the molecule is COC(=O)c1ccc(Cl)c(NC(=O)c2c(C)nc3ccc(C(F)(F)F)cn23)c1. The summed E-state index contributed by atoms with van der Waals surface area (Å²) in [5.74, 6) is -1.36. The van der Waals surface area contributed by atoms with Gasteiger partial charge in [0.05, 0.1) is 34.6 Å². The van der Waals surface area contributed by atoms with Crippen LogP contribution in [0.4, 0.5) is 18.9 Å². The highest BCUT2D eigenvalue weighted by atomic mass is 35.5. The third-order valence-electron chi connectivity index (χ3n) is 3.97. The van der Waals surface area contributed by atoms with E-state index in [0.29, 0.717) is 0 Å². The Hall–Kier alpha value is -3.07. The molecule has 0 radical (unpaired) electrons. The summed E-state index contributed by atoms with van der Waals surface area (Å²) < 4.78 is 44.7. The van der Waals surface area contributed by atoms with Crippen molar-refractivity contribution in [2.45, 2.75) is 13.1 Å². The molecule has 0 spiro atoms. The van der Waals surface area contributed by atoms with Crippen LogP contribution >= 0.6 is 11.6 Å². The first kappa shape index (κ1) is 19.7. The zero-order valence-electron chi connectivity index (χ0n) is 14.6. The van der Waals surface area contributed by atoms with Crippen molar-refractivity contribution >= 4 is 34.8 Å². The van der Waals surface area contributed by atoms with Crippen LogP contribution in [0.15, 0.2) is 36.5 Å². The Balaban J connectivity index is 2.02. The van der Waals surface area contributed by atoms with Gasteiger partial charge in [-0.05, 0) is 37.3 Å². The summed E-state index contributed by atoms with van der Waals surface area (Å²) in [6.45, 7) is 1.50. The van der Waals surface area contributed by atoms with Crippen molar-refractivity contribution in [1.29, 1.82) is 0 Å². The lowest BCUT2D eigenvalue weighted by Crippen LogP contribution is -2.17. The number of benzene rings is 1. The summed E-state index contributed by atoms with van der Waals surface area (Å²) in [7, 11) is 1.20. The fourth-order valence-corrected chi connectivity index (χ4v) is 2.82. The Bertz CT molecular complexity index is 1090. The summed E-state index contributed by atoms with van der Waals surface area (Å²) in [5.41, 5.74) is -0.327. The molecule has 0 atom stereocenters. The zero-order chi connectivity index (χ0) is 20.6. The number of esters is 1. The topological polar surface area (TPSA) is 72.7 Å². The molecule has 28 heavy (non-hydrogen) atoms. The summed E-state index contributed by atoms with van der Waals surface area (Å²) in [5, 5.41) is 2.64. The smallest absolute Gasteiger partial charge is 0.417 e. The van der Waals surface area contributed by atoms with Crippen LogP contribution in [0.25, 0.3) is 5.65 Å². The predicted octanol–water partition coefficient (Wildman–Crippen LogP) is 4.35. The molecule has 6 nitrogen and oxygen atoms in total. The molecule has 2 aromatic heterocycles. The standard InChI is InChI=1S/C18H13ClF3N3O3/c1-9-15(25-8-11(18(20,21)22)4-6-14(25)23-9)16(26)24-13-7-10(17(27)28-2)3-5-12(13)19/h3-8H,1-2H3,(H,24,26). The summed E-state index contributed by atoms with van der Waals surface area (Å²) in [4.78, 5) is 28.5. The van der Waals surface area contributed by atoms with E-state index in [1.807, 2.05) is 0 Å². The van der Waals surface area contributed by atoms with Crippen LogP contribution in [0.2, 0.25) is 5.02 Å². The molecule has 0 aliphatic carbocycles. The van der Waals surface area contributed by atoms with Crippen LogP contribution in [-0.4, -0.2) is 28.4 Å². The normalized spacial score (nSPS) is 11.5. The number of hydrogen-bond acceptors (Lipinski definition) is 4. The average Bonchev–Trinajstić information content (AvgIpc) is 2.97. The number of nitrogens with one attached hydrogen (secondary N) is 1. The number of alkyl halides is 3. The maximum absolute atomic E-state index is 13.0. The van der Waals surface area contributed by atoms with E-state index in [1.165, 1.54) is 38.3 Å². The second-order valence-electron chi connectivity index (χ2n) is 5.83. The highest BCUT2D eigenvalue weighted by Gasteiger charge is 2.31. The van der Waals surface area contributed by atoms with E-state index in [-0.39, 0.29) is 33.3 Å². The van der Waals surface area contributed by atoms with Gasteiger partial charge in [0.25, 0.3) is 5.91 Å². The van der Waals surface area contributed by atoms with Gasteiger partial charge in [-0.3, -0.25) is 9.20 Å². The molecule has 0 aliphatic rings. The van der Waals surface area contributed by atoms with Crippen molar-refractivity contribution in [2.24, 2.45) is 0 Å². The van der Waals surface area contributed by atoms with E-state index in [4.69, 9.17) is 11.6 Å². The Kier molecular flexibility index (Phi) is 5.03. The molecule has 1 aromatic carbocycles. The highest BCUT2D eigenvalue weighted by molar-refractivity contribution is 6.34. The van der Waals surface area contributed by atoms with Crippen LogP contribution < -0.4 is 5.32 Å². The van der Waals surface area contributed by atoms with E-state index in [2.05, 4.69) is 15.0 Å². The lowest BCUT2D eigenvalue weighted by atomic mass is 10.2.